The third kappa shape index (κ3) is 4.76. The molecule has 1 aromatic heterocycles. The molecular weight excluding hydrogens is 424 g/mol. The Labute approximate surface area is 182 Å². The normalized spacial score (nSPS) is 17.1. The highest BCUT2D eigenvalue weighted by molar-refractivity contribution is 7.85. The predicted octanol–water partition coefficient (Wildman–Crippen LogP) is 5.20. The average Bonchev–Trinajstić information content (AvgIpc) is 3.06. The van der Waals surface area contributed by atoms with Crippen molar-refractivity contribution in [2.45, 2.75) is 69.8 Å². The van der Waals surface area contributed by atoms with Crippen molar-refractivity contribution in [1.82, 2.24) is 0 Å². The molecule has 2 heterocycles. The van der Waals surface area contributed by atoms with E-state index in [0.29, 0.717) is 12.4 Å². The Morgan fingerprint density at radius 1 is 1.10 bits per heavy atom. The summed E-state index contributed by atoms with van der Waals surface area (Å²) >= 11 is 1.76. The fourth-order valence-corrected chi connectivity index (χ4v) is 4.98. The highest BCUT2D eigenvalue weighted by Gasteiger charge is 2.38. The Balaban J connectivity index is 1.78. The smallest absolute Gasteiger partial charge is 0.294 e. The molecule has 0 aliphatic carbocycles. The van der Waals surface area contributed by atoms with Gasteiger partial charge < -0.3 is 14.2 Å². The molecule has 0 spiro atoms. The van der Waals surface area contributed by atoms with Crippen molar-refractivity contribution >= 4 is 21.5 Å². The summed E-state index contributed by atoms with van der Waals surface area (Å²) in [6.07, 6.45) is 0.714. The van der Waals surface area contributed by atoms with E-state index in [1.807, 2.05) is 0 Å². The molecule has 1 atom stereocenters. The summed E-state index contributed by atoms with van der Waals surface area (Å²) in [5.41, 5.74) is -0.0751. The van der Waals surface area contributed by atoms with Crippen LogP contribution in [0.2, 0.25) is 0 Å². The van der Waals surface area contributed by atoms with Crippen LogP contribution in [0.5, 0.6) is 17.2 Å². The molecule has 0 saturated carbocycles. The molecule has 0 saturated heterocycles. The molecule has 1 unspecified atom stereocenters. The molecule has 3 rings (SSSR count). The van der Waals surface area contributed by atoms with Gasteiger partial charge in [0.25, 0.3) is 10.1 Å². The topological polar surface area (TPSA) is 82.1 Å². The van der Waals surface area contributed by atoms with E-state index in [4.69, 9.17) is 18.8 Å². The van der Waals surface area contributed by atoms with E-state index in [0.717, 1.165) is 22.8 Å². The molecule has 1 N–H and O–H groups in total. The second kappa shape index (κ2) is 8.05. The first-order chi connectivity index (χ1) is 13.8. The molecule has 0 amide bonds. The van der Waals surface area contributed by atoms with Crippen LogP contribution in [0.1, 0.15) is 57.7 Å². The van der Waals surface area contributed by atoms with E-state index in [1.165, 1.54) is 29.1 Å². The first kappa shape index (κ1) is 22.9. The second-order valence-electron chi connectivity index (χ2n) is 9.21. The number of thiophene rings is 1. The number of hydrogen-bond donors (Lipinski definition) is 1. The standard InChI is InChI=1S/C22H30O6S2/c1-7-22(5,6)20-17-18(19(29-20)21(2,3)4)28-15(13-27-17)12-26-14-8-10-16(11-9-14)30(23,24)25/h8-11,15H,7,12-13H2,1-6H3,(H,23,24,25). The maximum Gasteiger partial charge on any atom is 0.294 e. The fraction of sp³-hybridized carbons (Fsp3) is 0.545. The average molecular weight is 455 g/mol. The zero-order chi connectivity index (χ0) is 22.3. The Bertz CT molecular complexity index is 997. The van der Waals surface area contributed by atoms with Gasteiger partial charge in [0.2, 0.25) is 0 Å². The third-order valence-electron chi connectivity index (χ3n) is 5.26. The minimum Gasteiger partial charge on any atom is -0.490 e. The van der Waals surface area contributed by atoms with Gasteiger partial charge in [-0.25, -0.2) is 0 Å². The third-order valence-corrected chi connectivity index (χ3v) is 8.07. The van der Waals surface area contributed by atoms with E-state index >= 15 is 0 Å². The first-order valence-electron chi connectivity index (χ1n) is 10.0. The fourth-order valence-electron chi connectivity index (χ4n) is 3.09. The van der Waals surface area contributed by atoms with Crippen molar-refractivity contribution in [2.75, 3.05) is 13.2 Å². The van der Waals surface area contributed by atoms with E-state index in [-0.39, 0.29) is 28.4 Å². The molecule has 166 valence electrons. The van der Waals surface area contributed by atoms with Gasteiger partial charge in [-0.2, -0.15) is 8.42 Å². The summed E-state index contributed by atoms with van der Waals surface area (Å²) in [7, 11) is -4.22. The number of rotatable bonds is 6. The Kier molecular flexibility index (Phi) is 6.15. The molecular formula is C22H30O6S2. The summed E-state index contributed by atoms with van der Waals surface area (Å²) in [6.45, 7) is 13.8. The van der Waals surface area contributed by atoms with Crippen molar-refractivity contribution in [2.24, 2.45) is 0 Å². The van der Waals surface area contributed by atoms with Crippen LogP contribution in [0.15, 0.2) is 29.2 Å². The number of benzene rings is 1. The molecule has 1 aromatic carbocycles. The monoisotopic (exact) mass is 454 g/mol. The molecule has 0 bridgehead atoms. The largest absolute Gasteiger partial charge is 0.490 e. The van der Waals surface area contributed by atoms with Gasteiger partial charge in [-0.1, -0.05) is 41.5 Å². The van der Waals surface area contributed by atoms with Gasteiger partial charge >= 0.3 is 0 Å². The van der Waals surface area contributed by atoms with Crippen LogP contribution in [0.25, 0.3) is 0 Å². The molecule has 1 aliphatic heterocycles. The van der Waals surface area contributed by atoms with E-state index in [1.54, 1.807) is 11.3 Å². The highest BCUT2D eigenvalue weighted by Crippen LogP contribution is 2.53. The van der Waals surface area contributed by atoms with Crippen LogP contribution in [0.3, 0.4) is 0 Å². The summed E-state index contributed by atoms with van der Waals surface area (Å²) in [5.74, 6) is 2.15. The SMILES string of the molecule is CCC(C)(C)c1sc(C(C)(C)C)c2c1OCC(COc1ccc(S(=O)(=O)O)cc1)O2. The van der Waals surface area contributed by atoms with Gasteiger partial charge in [0, 0.05) is 10.8 Å². The molecule has 8 heteroatoms. The molecule has 1 aliphatic rings. The Morgan fingerprint density at radius 3 is 2.27 bits per heavy atom. The maximum absolute atomic E-state index is 11.2. The minimum atomic E-state index is -4.22. The lowest BCUT2D eigenvalue weighted by atomic mass is 9.87. The molecule has 2 aromatic rings. The van der Waals surface area contributed by atoms with Gasteiger partial charge in [-0.3, -0.25) is 4.55 Å². The van der Waals surface area contributed by atoms with Gasteiger partial charge in [-0.05, 0) is 30.7 Å². The Hall–Kier alpha value is -1.77. The van der Waals surface area contributed by atoms with E-state index < -0.39 is 10.1 Å². The van der Waals surface area contributed by atoms with E-state index in [2.05, 4.69) is 41.5 Å². The molecule has 0 fully saturated rings. The zero-order valence-corrected chi connectivity index (χ0v) is 19.9. The van der Waals surface area contributed by atoms with Crippen LogP contribution in [0.4, 0.5) is 0 Å². The van der Waals surface area contributed by atoms with E-state index in [9.17, 15) is 8.42 Å². The van der Waals surface area contributed by atoms with Crippen LogP contribution in [-0.4, -0.2) is 32.3 Å². The van der Waals surface area contributed by atoms with Crippen molar-refractivity contribution in [3.8, 4) is 17.2 Å². The Morgan fingerprint density at radius 2 is 1.73 bits per heavy atom. The van der Waals surface area contributed by atoms with Crippen LogP contribution in [-0.2, 0) is 20.9 Å². The second-order valence-corrected chi connectivity index (χ2v) is 11.7. The lowest BCUT2D eigenvalue weighted by Crippen LogP contribution is -2.35. The van der Waals surface area contributed by atoms with Crippen molar-refractivity contribution in [3.63, 3.8) is 0 Å². The lowest BCUT2D eigenvalue weighted by molar-refractivity contribution is 0.0517. The number of hydrogen-bond acceptors (Lipinski definition) is 6. The first-order valence-corrected chi connectivity index (χ1v) is 12.3. The van der Waals surface area contributed by atoms with Gasteiger partial charge in [0.1, 0.15) is 19.0 Å². The van der Waals surface area contributed by atoms with Crippen LogP contribution >= 0.6 is 11.3 Å². The summed E-state index contributed by atoms with van der Waals surface area (Å²) in [5, 5.41) is 0. The molecule has 0 radical (unpaired) electrons. The van der Waals surface area contributed by atoms with Gasteiger partial charge in [0.15, 0.2) is 17.6 Å². The number of fused-ring (bicyclic) bond motifs is 1. The maximum atomic E-state index is 11.2. The highest BCUT2D eigenvalue weighted by atomic mass is 32.2. The van der Waals surface area contributed by atoms with Crippen LogP contribution < -0.4 is 14.2 Å². The summed E-state index contributed by atoms with van der Waals surface area (Å²) in [4.78, 5) is 2.21. The van der Waals surface area contributed by atoms with Gasteiger partial charge in [-0.15, -0.1) is 11.3 Å². The zero-order valence-electron chi connectivity index (χ0n) is 18.3. The van der Waals surface area contributed by atoms with Crippen molar-refractivity contribution < 1.29 is 27.2 Å². The van der Waals surface area contributed by atoms with Gasteiger partial charge in [0.05, 0.1) is 14.6 Å². The quantitative estimate of drug-likeness (QED) is 0.604. The lowest BCUT2D eigenvalue weighted by Gasteiger charge is -2.29. The number of ether oxygens (including phenoxy) is 3. The van der Waals surface area contributed by atoms with Crippen molar-refractivity contribution in [1.29, 1.82) is 0 Å². The summed E-state index contributed by atoms with van der Waals surface area (Å²) < 4.78 is 49.7. The predicted molar refractivity (Wildman–Crippen MR) is 118 cm³/mol. The van der Waals surface area contributed by atoms with Crippen molar-refractivity contribution in [3.05, 3.63) is 34.0 Å². The summed E-state index contributed by atoms with van der Waals surface area (Å²) in [6, 6.07) is 5.61. The minimum absolute atomic E-state index is 0.000263. The molecule has 30 heavy (non-hydrogen) atoms. The molecule has 6 nitrogen and oxygen atoms in total. The van der Waals surface area contributed by atoms with Crippen LogP contribution in [0, 0.1) is 0 Å².